The number of halogens is 2. The maximum atomic E-state index is 13.2. The van der Waals surface area contributed by atoms with Crippen LogP contribution >= 0.6 is 23.2 Å². The molecule has 2 aliphatic rings. The van der Waals surface area contributed by atoms with Crippen molar-refractivity contribution >= 4 is 35.1 Å². The van der Waals surface area contributed by atoms with Crippen molar-refractivity contribution in [2.24, 2.45) is 0 Å². The van der Waals surface area contributed by atoms with Gasteiger partial charge < -0.3 is 9.64 Å². The Hall–Kier alpha value is -2.83. The molecule has 2 aromatic carbocycles. The van der Waals surface area contributed by atoms with E-state index < -0.39 is 5.97 Å². The minimum Gasteiger partial charge on any atom is -0.422 e. The smallest absolute Gasteiger partial charge is 0.364 e. The Morgan fingerprint density at radius 1 is 1.17 bits per heavy atom. The fraction of sp³-hybridized carbons (Fsp3) is 0.190. The van der Waals surface area contributed by atoms with Crippen LogP contribution in [0.4, 0.5) is 0 Å². The number of carbonyl (C=O) groups is 2. The van der Waals surface area contributed by atoms with Crippen LogP contribution in [0, 0.1) is 0 Å². The van der Waals surface area contributed by atoms with E-state index in [1.165, 1.54) is 0 Å². The Kier molecular flexibility index (Phi) is 4.33. The van der Waals surface area contributed by atoms with Crippen molar-refractivity contribution < 1.29 is 14.3 Å². The lowest BCUT2D eigenvalue weighted by Gasteiger charge is -2.23. The lowest BCUT2D eigenvalue weighted by molar-refractivity contribution is 0.0701. The van der Waals surface area contributed by atoms with Gasteiger partial charge in [0.05, 0.1) is 28.0 Å². The molecule has 0 radical (unpaired) electrons. The van der Waals surface area contributed by atoms with E-state index in [0.29, 0.717) is 39.3 Å². The molecular weight excluding hydrogens is 413 g/mol. The van der Waals surface area contributed by atoms with Crippen LogP contribution in [0.15, 0.2) is 48.8 Å². The molecule has 1 fully saturated rings. The molecule has 146 valence electrons. The van der Waals surface area contributed by atoms with E-state index >= 15 is 0 Å². The lowest BCUT2D eigenvalue weighted by Crippen LogP contribution is -2.30. The predicted molar refractivity (Wildman–Crippen MR) is 108 cm³/mol. The number of amides is 1. The monoisotopic (exact) mass is 427 g/mol. The van der Waals surface area contributed by atoms with Crippen molar-refractivity contribution in [1.29, 1.82) is 0 Å². The third kappa shape index (κ3) is 2.91. The van der Waals surface area contributed by atoms with Crippen molar-refractivity contribution in [3.63, 3.8) is 0 Å². The predicted octanol–water partition coefficient (Wildman–Crippen LogP) is 4.69. The summed E-state index contributed by atoms with van der Waals surface area (Å²) in [7, 11) is 0. The molecule has 3 aromatic rings. The molecule has 0 bridgehead atoms. The van der Waals surface area contributed by atoms with Crippen LogP contribution in [-0.4, -0.2) is 32.9 Å². The zero-order valence-corrected chi connectivity index (χ0v) is 16.7. The summed E-state index contributed by atoms with van der Waals surface area (Å²) in [4.78, 5) is 32.3. The van der Waals surface area contributed by atoms with Crippen molar-refractivity contribution in [3.05, 3.63) is 75.8 Å². The number of nitrogens with zero attached hydrogens (tertiary/aromatic N) is 3. The fourth-order valence-corrected chi connectivity index (χ4v) is 4.50. The summed E-state index contributed by atoms with van der Waals surface area (Å²) < 4.78 is 7.29. The Balaban J connectivity index is 1.64. The molecule has 29 heavy (non-hydrogen) atoms. The first-order valence-corrected chi connectivity index (χ1v) is 9.95. The van der Waals surface area contributed by atoms with E-state index in [9.17, 15) is 9.59 Å². The van der Waals surface area contributed by atoms with E-state index in [4.69, 9.17) is 27.9 Å². The standard InChI is InChI=1S/C21H15Cl2N3O3/c22-12-4-1-5-13(10-12)29-21(28)18-19-16-8-3-9-25(16)20(27)17-14(23)6-2-7-15(17)26(19)11-24-18/h1-2,4-7,10-11,16H,3,8-9H2/t16-/m0/s1. The van der Waals surface area contributed by atoms with Gasteiger partial charge in [-0.2, -0.15) is 0 Å². The second kappa shape index (κ2) is 6.90. The molecule has 0 saturated carbocycles. The number of aromatic nitrogens is 2. The maximum Gasteiger partial charge on any atom is 0.364 e. The van der Waals surface area contributed by atoms with Crippen LogP contribution in [0.25, 0.3) is 5.69 Å². The summed E-state index contributed by atoms with van der Waals surface area (Å²) in [6.45, 7) is 0.599. The average Bonchev–Trinajstić information content (AvgIpc) is 3.32. The van der Waals surface area contributed by atoms with E-state index in [1.54, 1.807) is 58.3 Å². The maximum absolute atomic E-state index is 13.2. The van der Waals surface area contributed by atoms with Gasteiger partial charge in [0.15, 0.2) is 5.69 Å². The van der Waals surface area contributed by atoms with Gasteiger partial charge in [-0.3, -0.25) is 9.36 Å². The van der Waals surface area contributed by atoms with Crippen LogP contribution in [0.2, 0.25) is 10.0 Å². The molecule has 0 aliphatic carbocycles. The summed E-state index contributed by atoms with van der Waals surface area (Å²) in [6, 6.07) is 11.6. The molecular formula is C21H15Cl2N3O3. The topological polar surface area (TPSA) is 64.4 Å². The van der Waals surface area contributed by atoms with Crippen LogP contribution < -0.4 is 4.74 Å². The third-order valence-electron chi connectivity index (χ3n) is 5.30. The van der Waals surface area contributed by atoms with Crippen molar-refractivity contribution in [2.45, 2.75) is 18.9 Å². The number of carbonyl (C=O) groups excluding carboxylic acids is 2. The number of esters is 1. The highest BCUT2D eigenvalue weighted by molar-refractivity contribution is 6.34. The van der Waals surface area contributed by atoms with Gasteiger partial charge in [0.2, 0.25) is 0 Å². The quantitative estimate of drug-likeness (QED) is 0.439. The molecule has 1 saturated heterocycles. The molecule has 6 nitrogen and oxygen atoms in total. The minimum atomic E-state index is -0.592. The number of imidazole rings is 1. The highest BCUT2D eigenvalue weighted by Gasteiger charge is 2.41. The first-order valence-electron chi connectivity index (χ1n) is 9.19. The van der Waals surface area contributed by atoms with Gasteiger partial charge in [0, 0.05) is 11.6 Å². The van der Waals surface area contributed by atoms with Gasteiger partial charge in [-0.15, -0.1) is 0 Å². The zero-order chi connectivity index (χ0) is 20.1. The molecule has 1 atom stereocenters. The van der Waals surface area contributed by atoms with Crippen molar-refractivity contribution in [1.82, 2.24) is 14.5 Å². The molecule has 8 heteroatoms. The van der Waals surface area contributed by atoms with Crippen LogP contribution in [0.1, 0.15) is 45.4 Å². The molecule has 1 aromatic heterocycles. The summed E-state index contributed by atoms with van der Waals surface area (Å²) in [5.41, 5.74) is 1.86. The number of fused-ring (bicyclic) bond motifs is 5. The summed E-state index contributed by atoms with van der Waals surface area (Å²) in [6.07, 6.45) is 3.12. The SMILES string of the molecule is O=C(Oc1cccc(Cl)c1)c1ncn2c1[C@@H]1CCCN1C(=O)c1c(Cl)cccc1-2. The molecule has 0 unspecified atom stereocenters. The van der Waals surface area contributed by atoms with E-state index in [2.05, 4.69) is 4.98 Å². The highest BCUT2D eigenvalue weighted by Crippen LogP contribution is 2.41. The number of hydrogen-bond acceptors (Lipinski definition) is 4. The van der Waals surface area contributed by atoms with Gasteiger partial charge >= 0.3 is 5.97 Å². The number of benzene rings is 2. The fourth-order valence-electron chi connectivity index (χ4n) is 4.07. The van der Waals surface area contributed by atoms with Crippen LogP contribution in [-0.2, 0) is 0 Å². The second-order valence-electron chi connectivity index (χ2n) is 6.99. The van der Waals surface area contributed by atoms with Crippen LogP contribution in [0.3, 0.4) is 0 Å². The average molecular weight is 428 g/mol. The van der Waals surface area contributed by atoms with Crippen molar-refractivity contribution in [3.8, 4) is 11.4 Å². The Bertz CT molecular complexity index is 1160. The van der Waals surface area contributed by atoms with Gasteiger partial charge in [-0.05, 0) is 43.2 Å². The zero-order valence-electron chi connectivity index (χ0n) is 15.1. The Morgan fingerprint density at radius 3 is 2.83 bits per heavy atom. The first-order chi connectivity index (χ1) is 14.0. The molecule has 5 rings (SSSR count). The number of rotatable bonds is 2. The Labute approximate surface area is 176 Å². The second-order valence-corrected chi connectivity index (χ2v) is 7.83. The summed E-state index contributed by atoms with van der Waals surface area (Å²) >= 11 is 12.4. The lowest BCUT2D eigenvalue weighted by atomic mass is 10.1. The van der Waals surface area contributed by atoms with Gasteiger partial charge in [0.1, 0.15) is 12.1 Å². The summed E-state index contributed by atoms with van der Waals surface area (Å²) in [5, 5.41) is 0.845. The molecule has 0 spiro atoms. The van der Waals surface area contributed by atoms with Gasteiger partial charge in [-0.25, -0.2) is 9.78 Å². The van der Waals surface area contributed by atoms with Crippen LogP contribution in [0.5, 0.6) is 5.75 Å². The largest absolute Gasteiger partial charge is 0.422 e. The highest BCUT2D eigenvalue weighted by atomic mass is 35.5. The molecule has 2 aliphatic heterocycles. The number of ether oxygens (including phenoxy) is 1. The minimum absolute atomic E-state index is 0.133. The van der Waals surface area contributed by atoms with E-state index in [1.807, 2.05) is 0 Å². The van der Waals surface area contributed by atoms with Gasteiger partial charge in [0.25, 0.3) is 5.91 Å². The van der Waals surface area contributed by atoms with Gasteiger partial charge in [-0.1, -0.05) is 35.3 Å². The Morgan fingerprint density at radius 2 is 2.00 bits per heavy atom. The molecule has 0 N–H and O–H groups in total. The molecule has 3 heterocycles. The third-order valence-corrected chi connectivity index (χ3v) is 5.85. The van der Waals surface area contributed by atoms with E-state index in [0.717, 1.165) is 12.8 Å². The summed E-state index contributed by atoms with van der Waals surface area (Å²) in [5.74, 6) is -0.391. The first kappa shape index (κ1) is 18.2. The van der Waals surface area contributed by atoms with Crippen molar-refractivity contribution in [2.75, 3.05) is 6.54 Å². The normalized spacial score (nSPS) is 17.4. The molecule has 1 amide bonds. The number of hydrogen-bond donors (Lipinski definition) is 0. The van der Waals surface area contributed by atoms with E-state index in [-0.39, 0.29) is 17.6 Å².